The Morgan fingerprint density at radius 3 is 2.72 bits per heavy atom. The zero-order valence-electron chi connectivity index (χ0n) is 18.5. The maximum Gasteiger partial charge on any atom is 0.336 e. The number of benzene rings is 1. The topological polar surface area (TPSA) is 80.5 Å². The fraction of sp³-hybridized carbons (Fsp3) is 0.417. The smallest absolute Gasteiger partial charge is 0.336 e. The molecular weight excluding hydrogens is 414 g/mol. The van der Waals surface area contributed by atoms with Crippen LogP contribution >= 0.6 is 0 Å². The fourth-order valence-corrected chi connectivity index (χ4v) is 4.40. The summed E-state index contributed by atoms with van der Waals surface area (Å²) in [6.07, 6.45) is -0.521. The lowest BCUT2D eigenvalue weighted by molar-refractivity contribution is -0.139. The average molecular weight is 443 g/mol. The van der Waals surface area contributed by atoms with E-state index in [4.69, 9.17) is 10.5 Å². The number of ether oxygens (including phenoxy) is 1. The number of rotatable bonds is 5. The molecule has 3 N–H and O–H groups in total. The van der Waals surface area contributed by atoms with E-state index in [1.807, 2.05) is 49.3 Å². The van der Waals surface area contributed by atoms with Gasteiger partial charge < -0.3 is 20.7 Å². The first-order valence-corrected chi connectivity index (χ1v) is 10.7. The zero-order valence-corrected chi connectivity index (χ0v) is 18.5. The molecule has 170 valence electrons. The van der Waals surface area contributed by atoms with Gasteiger partial charge in [-0.1, -0.05) is 30.3 Å². The Bertz CT molecular complexity index is 1070. The van der Waals surface area contributed by atoms with E-state index < -0.39 is 24.2 Å². The van der Waals surface area contributed by atoms with Crippen LogP contribution in [0.3, 0.4) is 0 Å². The number of hydrogen-bond donors (Lipinski definition) is 2. The first-order valence-electron chi connectivity index (χ1n) is 10.7. The molecule has 0 amide bonds. The Labute approximate surface area is 186 Å². The van der Waals surface area contributed by atoms with Gasteiger partial charge in [-0.05, 0) is 33.0 Å². The van der Waals surface area contributed by atoms with Gasteiger partial charge >= 0.3 is 5.97 Å². The molecule has 2 heterocycles. The van der Waals surface area contributed by atoms with Crippen molar-refractivity contribution >= 4 is 17.5 Å². The number of nitrogens with zero attached hydrogens (tertiary/aromatic N) is 2. The molecule has 2 aromatic rings. The van der Waals surface area contributed by atoms with Crippen LogP contribution in [-0.2, 0) is 22.4 Å². The number of aryl methyl sites for hydroxylation is 1. The monoisotopic (exact) mass is 442 g/mol. The molecule has 1 unspecified atom stereocenters. The van der Waals surface area contributed by atoms with Crippen molar-refractivity contribution in [3.8, 4) is 0 Å². The number of nitrogens with two attached hydrogens (primary N) is 1. The highest BCUT2D eigenvalue weighted by molar-refractivity contribution is 5.95. The summed E-state index contributed by atoms with van der Waals surface area (Å²) in [6, 6.07) is 9.42. The molecule has 1 aliphatic heterocycles. The Morgan fingerprint density at radius 1 is 1.31 bits per heavy atom. The molecular formula is C24H28F2N4O2. The third-order valence-electron chi connectivity index (χ3n) is 6.04. The van der Waals surface area contributed by atoms with E-state index in [-0.39, 0.29) is 25.1 Å². The highest BCUT2D eigenvalue weighted by Gasteiger charge is 2.41. The molecule has 8 heteroatoms. The van der Waals surface area contributed by atoms with E-state index in [1.165, 1.54) is 0 Å². The normalized spacial score (nSPS) is 19.2. The summed E-state index contributed by atoms with van der Waals surface area (Å²) in [5.74, 6) is -3.32. The number of likely N-dealkylation sites (N-methyl/N-ethyl adjacent to an activating group) is 1. The molecule has 0 saturated carbocycles. The van der Waals surface area contributed by atoms with Gasteiger partial charge in [-0.3, -0.25) is 0 Å². The zero-order chi connectivity index (χ0) is 23.0. The van der Waals surface area contributed by atoms with Gasteiger partial charge in [0.25, 0.3) is 5.92 Å². The summed E-state index contributed by atoms with van der Waals surface area (Å²) in [6.45, 7) is 2.62. The van der Waals surface area contributed by atoms with Crippen molar-refractivity contribution in [2.75, 3.05) is 38.3 Å². The van der Waals surface area contributed by atoms with Gasteiger partial charge in [0.15, 0.2) is 0 Å². The van der Waals surface area contributed by atoms with Crippen molar-refractivity contribution < 1.29 is 18.3 Å². The molecule has 1 atom stereocenters. The van der Waals surface area contributed by atoms with Crippen molar-refractivity contribution in [2.45, 2.75) is 38.0 Å². The highest BCUT2D eigenvalue weighted by Crippen LogP contribution is 2.47. The maximum atomic E-state index is 14.2. The number of carbonyl (C=O) groups is 1. The van der Waals surface area contributed by atoms with Crippen molar-refractivity contribution in [1.82, 2.24) is 9.88 Å². The van der Waals surface area contributed by atoms with Crippen molar-refractivity contribution in [1.29, 1.82) is 0 Å². The Kier molecular flexibility index (Phi) is 5.90. The molecule has 0 saturated heterocycles. The van der Waals surface area contributed by atoms with E-state index in [9.17, 15) is 13.6 Å². The molecule has 1 aliphatic carbocycles. The van der Waals surface area contributed by atoms with Crippen molar-refractivity contribution in [2.24, 2.45) is 0 Å². The van der Waals surface area contributed by atoms with Gasteiger partial charge in [0, 0.05) is 53.5 Å². The Balaban J connectivity index is 1.83. The third kappa shape index (κ3) is 4.19. The molecule has 0 spiro atoms. The molecule has 6 nitrogen and oxygen atoms in total. The molecule has 2 aliphatic rings. The van der Waals surface area contributed by atoms with Crippen LogP contribution in [0.15, 0.2) is 41.6 Å². The van der Waals surface area contributed by atoms with Gasteiger partial charge in [-0.25, -0.2) is 18.6 Å². The number of pyridine rings is 1. The van der Waals surface area contributed by atoms with Gasteiger partial charge in [-0.2, -0.15) is 0 Å². The van der Waals surface area contributed by atoms with Gasteiger partial charge in [0.05, 0.1) is 5.57 Å². The molecule has 1 aromatic carbocycles. The van der Waals surface area contributed by atoms with Gasteiger partial charge in [0.2, 0.25) is 0 Å². The van der Waals surface area contributed by atoms with Crippen LogP contribution < -0.4 is 11.1 Å². The Hall–Kier alpha value is -3.00. The molecule has 0 bridgehead atoms. The van der Waals surface area contributed by atoms with Crippen molar-refractivity contribution in [3.05, 3.63) is 64.0 Å². The first kappa shape index (κ1) is 22.2. The second kappa shape index (κ2) is 8.50. The summed E-state index contributed by atoms with van der Waals surface area (Å²) >= 11 is 0. The molecule has 0 radical (unpaired) electrons. The number of halogens is 2. The van der Waals surface area contributed by atoms with E-state index in [1.54, 1.807) is 6.92 Å². The van der Waals surface area contributed by atoms with E-state index in [2.05, 4.69) is 10.3 Å². The number of anilines is 2. The van der Waals surface area contributed by atoms with Gasteiger partial charge in [-0.15, -0.1) is 0 Å². The van der Waals surface area contributed by atoms with E-state index in [0.717, 1.165) is 5.56 Å². The molecule has 0 fully saturated rings. The third-order valence-corrected chi connectivity index (χ3v) is 6.04. The number of nitrogen functional groups attached to an aromatic ring is 1. The van der Waals surface area contributed by atoms with Crippen LogP contribution in [0.5, 0.6) is 0 Å². The molecule has 1 aromatic heterocycles. The fourth-order valence-electron chi connectivity index (χ4n) is 4.40. The summed E-state index contributed by atoms with van der Waals surface area (Å²) in [5, 5.41) is 3.19. The first-order chi connectivity index (χ1) is 15.2. The number of hydrogen-bond acceptors (Lipinski definition) is 6. The number of alkyl halides is 2. The van der Waals surface area contributed by atoms with Crippen LogP contribution in [0.1, 0.15) is 41.6 Å². The van der Waals surface area contributed by atoms with Gasteiger partial charge in [0.1, 0.15) is 12.4 Å². The molecule has 4 rings (SSSR count). The SMILES string of the molecule is CC1=C(C(=O)OCCN(C)C)C(c2ccccc2)c2c(nc3c(c2N)CC(F)(F)CC3)N1. The summed E-state index contributed by atoms with van der Waals surface area (Å²) in [5.41, 5.74) is 10.2. The second-order valence-corrected chi connectivity index (χ2v) is 8.69. The predicted molar refractivity (Wildman–Crippen MR) is 120 cm³/mol. The van der Waals surface area contributed by atoms with Crippen molar-refractivity contribution in [3.63, 3.8) is 0 Å². The second-order valence-electron chi connectivity index (χ2n) is 8.69. The van der Waals surface area contributed by atoms with Crippen LogP contribution in [0.25, 0.3) is 0 Å². The largest absolute Gasteiger partial charge is 0.461 e. The lowest BCUT2D eigenvalue weighted by Crippen LogP contribution is -2.31. The van der Waals surface area contributed by atoms with Crippen LogP contribution in [-0.4, -0.2) is 49.0 Å². The van der Waals surface area contributed by atoms with Crippen LogP contribution in [0, 0.1) is 0 Å². The highest BCUT2D eigenvalue weighted by atomic mass is 19.3. The minimum atomic E-state index is -2.82. The average Bonchev–Trinajstić information content (AvgIpc) is 2.73. The molecule has 32 heavy (non-hydrogen) atoms. The quantitative estimate of drug-likeness (QED) is 0.687. The van der Waals surface area contributed by atoms with Crippen LogP contribution in [0.4, 0.5) is 20.3 Å². The standard InChI is InChI=1S/C24H28F2N4O2/c1-14-18(23(31)32-12-11-30(2)3)19(15-7-5-4-6-8-15)20-21(27)16-13-24(25,26)10-9-17(16)29-22(20)28-14/h4-8,19H,9-13H2,1-3H3,(H3,27,28,29). The van der Waals surface area contributed by atoms with Crippen LogP contribution in [0.2, 0.25) is 0 Å². The number of carbonyl (C=O) groups excluding carboxylic acids is 1. The lowest BCUT2D eigenvalue weighted by atomic mass is 9.79. The number of allylic oxidation sites excluding steroid dienone is 1. The Morgan fingerprint density at radius 2 is 2.03 bits per heavy atom. The minimum Gasteiger partial charge on any atom is -0.461 e. The lowest BCUT2D eigenvalue weighted by Gasteiger charge is -2.34. The van der Waals surface area contributed by atoms with E-state index >= 15 is 0 Å². The summed E-state index contributed by atoms with van der Waals surface area (Å²) < 4.78 is 34.0. The van der Waals surface area contributed by atoms with E-state index in [0.29, 0.717) is 40.5 Å². The number of esters is 1. The number of nitrogens with one attached hydrogen (secondary N) is 1. The predicted octanol–water partition coefficient (Wildman–Crippen LogP) is 3.72. The summed E-state index contributed by atoms with van der Waals surface area (Å²) in [4.78, 5) is 19.8. The summed E-state index contributed by atoms with van der Waals surface area (Å²) in [7, 11) is 3.80. The number of fused-ring (bicyclic) bond motifs is 2. The maximum absolute atomic E-state index is 14.2. The number of aromatic nitrogens is 1. The minimum absolute atomic E-state index is 0.166.